The molecule has 1 aliphatic rings. The van der Waals surface area contributed by atoms with Gasteiger partial charge in [-0.3, -0.25) is 19.3 Å². The molecule has 0 aliphatic carbocycles. The highest BCUT2D eigenvalue weighted by Crippen LogP contribution is 2.25. The first kappa shape index (κ1) is 21.5. The number of carbonyl (C=O) groups excluding carboxylic acids is 3. The minimum Gasteiger partial charge on any atom is -0.480 e. The number of nitrogens with one attached hydrogen (secondary N) is 1. The number of carboxylic acids is 1. The third-order valence-electron chi connectivity index (χ3n) is 4.46. The summed E-state index contributed by atoms with van der Waals surface area (Å²) in [7, 11) is -3.39. The van der Waals surface area contributed by atoms with E-state index in [1.165, 1.54) is 25.1 Å². The number of benzene rings is 1. The SMILES string of the molecule is CCS(=O)(=O)CCC(NC(=O)c1ccc2c(c1)C(=O)N(C(C)C)C2=O)C(=O)O. The van der Waals surface area contributed by atoms with Gasteiger partial charge in [0.15, 0.2) is 0 Å². The first-order valence-electron chi connectivity index (χ1n) is 8.74. The van der Waals surface area contributed by atoms with Gasteiger partial charge in [0.2, 0.25) is 0 Å². The average Bonchev–Trinajstić information content (AvgIpc) is 2.88. The predicted octanol–water partition coefficient (Wildman–Crippen LogP) is 0.699. The van der Waals surface area contributed by atoms with Crippen molar-refractivity contribution in [1.29, 1.82) is 0 Å². The number of amides is 3. The van der Waals surface area contributed by atoms with Crippen LogP contribution in [0, 0.1) is 0 Å². The molecule has 28 heavy (non-hydrogen) atoms. The fourth-order valence-electron chi connectivity index (χ4n) is 2.81. The Hall–Kier alpha value is -2.75. The highest BCUT2D eigenvalue weighted by Gasteiger charge is 2.37. The van der Waals surface area contributed by atoms with Crippen LogP contribution in [0.5, 0.6) is 0 Å². The summed E-state index contributed by atoms with van der Waals surface area (Å²) < 4.78 is 23.2. The van der Waals surface area contributed by atoms with Crippen molar-refractivity contribution < 1.29 is 32.7 Å². The van der Waals surface area contributed by atoms with Crippen LogP contribution in [0.4, 0.5) is 0 Å². The van der Waals surface area contributed by atoms with E-state index in [9.17, 15) is 32.7 Å². The number of imide groups is 1. The lowest BCUT2D eigenvalue weighted by Crippen LogP contribution is -2.42. The number of hydrogen-bond acceptors (Lipinski definition) is 6. The van der Waals surface area contributed by atoms with Crippen molar-refractivity contribution in [3.8, 4) is 0 Å². The maximum absolute atomic E-state index is 12.4. The van der Waals surface area contributed by atoms with Crippen molar-refractivity contribution >= 4 is 33.5 Å². The maximum atomic E-state index is 12.4. The van der Waals surface area contributed by atoms with Crippen molar-refractivity contribution in [2.75, 3.05) is 11.5 Å². The van der Waals surface area contributed by atoms with Gasteiger partial charge >= 0.3 is 5.97 Å². The molecule has 0 fully saturated rings. The minimum atomic E-state index is -3.39. The van der Waals surface area contributed by atoms with Crippen molar-refractivity contribution in [1.82, 2.24) is 10.2 Å². The van der Waals surface area contributed by atoms with Gasteiger partial charge in [0.1, 0.15) is 15.9 Å². The lowest BCUT2D eigenvalue weighted by Gasteiger charge is -2.17. The smallest absolute Gasteiger partial charge is 0.326 e. The van der Waals surface area contributed by atoms with E-state index < -0.39 is 39.6 Å². The van der Waals surface area contributed by atoms with Crippen LogP contribution in [0.1, 0.15) is 58.3 Å². The molecular weight excluding hydrogens is 388 g/mol. The molecule has 1 unspecified atom stereocenters. The number of fused-ring (bicyclic) bond motifs is 1. The zero-order chi connectivity index (χ0) is 21.2. The normalized spacial score (nSPS) is 14.9. The van der Waals surface area contributed by atoms with Crippen LogP contribution >= 0.6 is 0 Å². The Bertz CT molecular complexity index is 937. The van der Waals surface area contributed by atoms with E-state index in [0.29, 0.717) is 0 Å². The minimum absolute atomic E-state index is 0.00936. The lowest BCUT2D eigenvalue weighted by atomic mass is 10.0. The number of nitrogens with zero attached hydrogens (tertiary/aromatic N) is 1. The summed E-state index contributed by atoms with van der Waals surface area (Å²) in [6, 6.07) is 2.18. The zero-order valence-electron chi connectivity index (χ0n) is 15.8. The number of aliphatic carboxylic acids is 1. The summed E-state index contributed by atoms with van der Waals surface area (Å²) in [4.78, 5) is 49.6. The molecule has 0 aromatic heterocycles. The average molecular weight is 410 g/mol. The number of carbonyl (C=O) groups is 4. The van der Waals surface area contributed by atoms with Crippen molar-refractivity contribution in [2.24, 2.45) is 0 Å². The highest BCUT2D eigenvalue weighted by atomic mass is 32.2. The molecule has 0 saturated carbocycles. The summed E-state index contributed by atoms with van der Waals surface area (Å²) >= 11 is 0. The molecule has 1 heterocycles. The van der Waals surface area contributed by atoms with E-state index in [1.54, 1.807) is 13.8 Å². The van der Waals surface area contributed by atoms with E-state index in [0.717, 1.165) is 4.90 Å². The standard InChI is InChI=1S/C18H22N2O7S/c1-4-28(26,27)8-7-14(18(24)25)19-15(21)11-5-6-12-13(9-11)17(23)20(10(2)3)16(12)22/h5-6,9-10,14H,4,7-8H2,1-3H3,(H,19,21)(H,24,25). The first-order chi connectivity index (χ1) is 13.0. The van der Waals surface area contributed by atoms with Crippen LogP contribution in [0.25, 0.3) is 0 Å². The summed E-state index contributed by atoms with van der Waals surface area (Å²) in [5.41, 5.74) is 0.265. The lowest BCUT2D eigenvalue weighted by molar-refractivity contribution is -0.139. The second kappa shape index (κ2) is 8.09. The number of rotatable bonds is 8. The molecule has 0 spiro atoms. The van der Waals surface area contributed by atoms with Gasteiger partial charge in [0, 0.05) is 17.4 Å². The predicted molar refractivity (Wildman–Crippen MR) is 99.9 cm³/mol. The Labute approximate surface area is 162 Å². The molecule has 10 heteroatoms. The number of sulfone groups is 1. The van der Waals surface area contributed by atoms with Gasteiger partial charge in [0.05, 0.1) is 16.9 Å². The molecule has 2 rings (SSSR count). The fourth-order valence-corrected chi connectivity index (χ4v) is 3.69. The van der Waals surface area contributed by atoms with Crippen molar-refractivity contribution in [3.05, 3.63) is 34.9 Å². The van der Waals surface area contributed by atoms with E-state index in [2.05, 4.69) is 5.32 Å². The van der Waals surface area contributed by atoms with Crippen LogP contribution in [0.15, 0.2) is 18.2 Å². The van der Waals surface area contributed by atoms with Gasteiger partial charge in [-0.15, -0.1) is 0 Å². The van der Waals surface area contributed by atoms with Crippen molar-refractivity contribution in [2.45, 2.75) is 39.3 Å². The quantitative estimate of drug-likeness (QED) is 0.602. The Morgan fingerprint density at radius 1 is 1.14 bits per heavy atom. The molecule has 3 amide bonds. The van der Waals surface area contributed by atoms with E-state index in [1.807, 2.05) is 0 Å². The van der Waals surface area contributed by atoms with Gasteiger partial charge in [-0.05, 0) is 38.5 Å². The number of carboxylic acid groups (broad SMARTS) is 1. The van der Waals surface area contributed by atoms with E-state index in [-0.39, 0.29) is 40.7 Å². The fraction of sp³-hybridized carbons (Fsp3) is 0.444. The van der Waals surface area contributed by atoms with E-state index in [4.69, 9.17) is 0 Å². The van der Waals surface area contributed by atoms with Gasteiger partial charge in [0.25, 0.3) is 17.7 Å². The highest BCUT2D eigenvalue weighted by molar-refractivity contribution is 7.91. The maximum Gasteiger partial charge on any atom is 0.326 e. The first-order valence-corrected chi connectivity index (χ1v) is 10.6. The van der Waals surface area contributed by atoms with Crippen LogP contribution in [0.3, 0.4) is 0 Å². The summed E-state index contributed by atoms with van der Waals surface area (Å²) in [5, 5.41) is 11.5. The Morgan fingerprint density at radius 3 is 2.29 bits per heavy atom. The molecule has 1 aliphatic heterocycles. The number of hydrogen-bond donors (Lipinski definition) is 2. The molecule has 0 bridgehead atoms. The molecule has 1 aromatic rings. The monoisotopic (exact) mass is 410 g/mol. The Balaban J connectivity index is 2.20. The Morgan fingerprint density at radius 2 is 1.75 bits per heavy atom. The molecule has 0 saturated heterocycles. The van der Waals surface area contributed by atoms with Crippen molar-refractivity contribution in [3.63, 3.8) is 0 Å². The molecule has 0 radical (unpaired) electrons. The molecule has 9 nitrogen and oxygen atoms in total. The van der Waals surface area contributed by atoms with Crippen LogP contribution in [-0.2, 0) is 14.6 Å². The Kier molecular flexibility index (Phi) is 6.23. The summed E-state index contributed by atoms with van der Waals surface area (Å²) in [6.45, 7) is 4.83. The molecule has 152 valence electrons. The van der Waals surface area contributed by atoms with Gasteiger partial charge in [-0.1, -0.05) is 6.92 Å². The largest absolute Gasteiger partial charge is 0.480 e. The van der Waals surface area contributed by atoms with Gasteiger partial charge < -0.3 is 10.4 Å². The second-order valence-electron chi connectivity index (χ2n) is 6.72. The van der Waals surface area contributed by atoms with Gasteiger partial charge in [-0.2, -0.15) is 0 Å². The molecule has 1 aromatic carbocycles. The topological polar surface area (TPSA) is 138 Å². The third kappa shape index (κ3) is 4.38. The zero-order valence-corrected chi connectivity index (χ0v) is 16.6. The molecule has 1 atom stereocenters. The van der Waals surface area contributed by atoms with E-state index >= 15 is 0 Å². The third-order valence-corrected chi connectivity index (χ3v) is 6.19. The molecular formula is C18H22N2O7S. The van der Waals surface area contributed by atoms with Crippen LogP contribution in [-0.4, -0.2) is 65.7 Å². The summed E-state index contributed by atoms with van der Waals surface area (Å²) in [5.74, 6) is -3.60. The second-order valence-corrected chi connectivity index (χ2v) is 9.20. The summed E-state index contributed by atoms with van der Waals surface area (Å²) in [6.07, 6.45) is -0.277. The van der Waals surface area contributed by atoms with Gasteiger partial charge in [-0.25, -0.2) is 13.2 Å². The van der Waals surface area contributed by atoms with Crippen LogP contribution < -0.4 is 5.32 Å². The van der Waals surface area contributed by atoms with Crippen LogP contribution in [0.2, 0.25) is 0 Å². The molecule has 2 N–H and O–H groups in total.